The van der Waals surface area contributed by atoms with Gasteiger partial charge in [-0.3, -0.25) is 9.69 Å². The number of hydrogen-bond acceptors (Lipinski definition) is 2. The molecule has 0 bridgehead atoms. The van der Waals surface area contributed by atoms with Crippen molar-refractivity contribution in [1.29, 1.82) is 0 Å². The highest BCUT2D eigenvalue weighted by atomic mass is 127. The number of aliphatic carboxylic acids is 1. The summed E-state index contributed by atoms with van der Waals surface area (Å²) < 4.78 is 13.1. The third-order valence-electron chi connectivity index (χ3n) is 1.84. The standard InChI is InChI=1S/C8H15FINO2/c1-6(9)3-4-7(8(12)13)11(2)5-10/h6-7H,3-5H2,1-2H3,(H,12,13). The number of alkyl halides is 2. The minimum Gasteiger partial charge on any atom is -0.480 e. The van der Waals surface area contributed by atoms with Crippen LogP contribution in [0.3, 0.4) is 0 Å². The quantitative estimate of drug-likeness (QED) is 0.463. The van der Waals surface area contributed by atoms with Crippen molar-refractivity contribution in [3.63, 3.8) is 0 Å². The molecule has 0 radical (unpaired) electrons. The van der Waals surface area contributed by atoms with Crippen molar-refractivity contribution in [2.24, 2.45) is 0 Å². The van der Waals surface area contributed by atoms with Gasteiger partial charge in [0.25, 0.3) is 0 Å². The smallest absolute Gasteiger partial charge is 0.320 e. The predicted molar refractivity (Wildman–Crippen MR) is 57.9 cm³/mol. The third-order valence-corrected chi connectivity index (χ3v) is 2.92. The van der Waals surface area contributed by atoms with Gasteiger partial charge in [-0.2, -0.15) is 0 Å². The molecule has 13 heavy (non-hydrogen) atoms. The van der Waals surface area contributed by atoms with E-state index in [0.717, 1.165) is 0 Å². The number of carboxylic acid groups (broad SMARTS) is 1. The van der Waals surface area contributed by atoms with E-state index >= 15 is 0 Å². The number of halogens is 2. The number of hydrogen-bond donors (Lipinski definition) is 1. The van der Waals surface area contributed by atoms with Crippen LogP contribution >= 0.6 is 22.6 Å². The van der Waals surface area contributed by atoms with E-state index in [9.17, 15) is 9.18 Å². The van der Waals surface area contributed by atoms with E-state index in [-0.39, 0.29) is 0 Å². The van der Waals surface area contributed by atoms with Crippen LogP contribution in [-0.2, 0) is 4.79 Å². The Bertz CT molecular complexity index is 166. The zero-order valence-corrected chi connectivity index (χ0v) is 9.99. The van der Waals surface area contributed by atoms with E-state index in [1.54, 1.807) is 11.9 Å². The van der Waals surface area contributed by atoms with Crippen molar-refractivity contribution in [2.75, 3.05) is 11.6 Å². The molecule has 0 saturated heterocycles. The third kappa shape index (κ3) is 5.41. The van der Waals surface area contributed by atoms with Gasteiger partial charge in [-0.15, -0.1) is 0 Å². The molecule has 0 aromatic heterocycles. The summed E-state index contributed by atoms with van der Waals surface area (Å²) in [5.41, 5.74) is 0. The lowest BCUT2D eigenvalue weighted by Gasteiger charge is -2.22. The molecule has 0 saturated carbocycles. The van der Waals surface area contributed by atoms with Gasteiger partial charge in [-0.25, -0.2) is 4.39 Å². The van der Waals surface area contributed by atoms with E-state index in [1.165, 1.54) is 6.92 Å². The molecule has 0 fully saturated rings. The Morgan fingerprint density at radius 1 is 1.62 bits per heavy atom. The molecule has 3 nitrogen and oxygen atoms in total. The topological polar surface area (TPSA) is 40.5 Å². The van der Waals surface area contributed by atoms with Gasteiger partial charge in [0.05, 0.1) is 10.7 Å². The highest BCUT2D eigenvalue weighted by molar-refractivity contribution is 14.1. The van der Waals surface area contributed by atoms with Crippen LogP contribution in [-0.4, -0.2) is 39.8 Å². The molecule has 2 unspecified atom stereocenters. The van der Waals surface area contributed by atoms with Gasteiger partial charge in [-0.05, 0) is 26.8 Å². The van der Waals surface area contributed by atoms with Gasteiger partial charge in [0.1, 0.15) is 6.04 Å². The Morgan fingerprint density at radius 3 is 2.46 bits per heavy atom. The average molecular weight is 303 g/mol. The van der Waals surface area contributed by atoms with E-state index in [4.69, 9.17) is 5.11 Å². The van der Waals surface area contributed by atoms with Crippen molar-refractivity contribution < 1.29 is 14.3 Å². The van der Waals surface area contributed by atoms with Crippen LogP contribution in [0, 0.1) is 0 Å². The van der Waals surface area contributed by atoms with E-state index in [1.807, 2.05) is 0 Å². The van der Waals surface area contributed by atoms with Crippen molar-refractivity contribution in [2.45, 2.75) is 32.0 Å². The fourth-order valence-electron chi connectivity index (χ4n) is 1.00. The van der Waals surface area contributed by atoms with Gasteiger partial charge in [0, 0.05) is 0 Å². The van der Waals surface area contributed by atoms with Crippen LogP contribution in [0.2, 0.25) is 0 Å². The van der Waals surface area contributed by atoms with Gasteiger partial charge in [-0.1, -0.05) is 22.6 Å². The highest BCUT2D eigenvalue weighted by Gasteiger charge is 2.21. The van der Waals surface area contributed by atoms with Gasteiger partial charge in [0.2, 0.25) is 0 Å². The number of nitrogens with zero attached hydrogens (tertiary/aromatic N) is 1. The Balaban J connectivity index is 4.02. The number of carboxylic acids is 1. The molecule has 0 aromatic rings. The van der Waals surface area contributed by atoms with Crippen LogP contribution < -0.4 is 0 Å². The molecule has 0 aromatic carbocycles. The maximum absolute atomic E-state index is 12.5. The molecule has 0 aliphatic heterocycles. The molecule has 2 atom stereocenters. The summed E-state index contributed by atoms with van der Waals surface area (Å²) in [5, 5.41) is 8.82. The Labute approximate surface area is 91.4 Å². The Hall–Kier alpha value is 0.0900. The van der Waals surface area contributed by atoms with E-state index in [2.05, 4.69) is 22.6 Å². The van der Waals surface area contributed by atoms with E-state index < -0.39 is 18.2 Å². The first kappa shape index (κ1) is 13.1. The zero-order chi connectivity index (χ0) is 10.4. The summed E-state index contributed by atoms with van der Waals surface area (Å²) in [5.74, 6) is -0.875. The monoisotopic (exact) mass is 303 g/mol. The van der Waals surface area contributed by atoms with Gasteiger partial charge in [0.15, 0.2) is 0 Å². The summed E-state index contributed by atoms with van der Waals surface area (Å²) in [6.45, 7) is 1.45. The normalized spacial score (nSPS) is 15.8. The fraction of sp³-hybridized carbons (Fsp3) is 0.875. The van der Waals surface area contributed by atoms with Crippen LogP contribution in [0.15, 0.2) is 0 Å². The second-order valence-corrected chi connectivity index (χ2v) is 3.77. The van der Waals surface area contributed by atoms with Crippen LogP contribution in [0.1, 0.15) is 19.8 Å². The lowest BCUT2D eigenvalue weighted by atomic mass is 10.1. The summed E-state index contributed by atoms with van der Waals surface area (Å²) in [6, 6.07) is -0.560. The minimum atomic E-state index is -0.926. The first-order valence-electron chi connectivity index (χ1n) is 4.12. The molecular formula is C8H15FINO2. The summed E-state index contributed by atoms with van der Waals surface area (Å²) >= 11 is 2.09. The van der Waals surface area contributed by atoms with Gasteiger partial charge >= 0.3 is 5.97 Å². The second-order valence-electron chi connectivity index (χ2n) is 3.09. The zero-order valence-electron chi connectivity index (χ0n) is 7.83. The molecule has 78 valence electrons. The lowest BCUT2D eigenvalue weighted by Crippen LogP contribution is -2.37. The summed E-state index contributed by atoms with van der Waals surface area (Å²) in [6.07, 6.45) is -0.255. The maximum Gasteiger partial charge on any atom is 0.320 e. The molecular weight excluding hydrogens is 288 g/mol. The average Bonchev–Trinajstić information content (AvgIpc) is 2.03. The van der Waals surface area contributed by atoms with Crippen molar-refractivity contribution in [3.8, 4) is 0 Å². The Kier molecular flexibility index (Phi) is 6.58. The molecule has 0 amide bonds. The molecule has 1 N–H and O–H groups in total. The lowest BCUT2D eigenvalue weighted by molar-refractivity contribution is -0.142. The first-order chi connectivity index (χ1) is 5.99. The fourth-order valence-corrected chi connectivity index (χ4v) is 1.48. The van der Waals surface area contributed by atoms with E-state index in [0.29, 0.717) is 17.4 Å². The SMILES string of the molecule is CC(F)CCC(C(=O)O)N(C)CI. The molecule has 0 aliphatic carbocycles. The molecule has 0 rings (SSSR count). The summed E-state index contributed by atoms with van der Waals surface area (Å²) in [4.78, 5) is 12.4. The number of likely N-dealkylation sites (N-methyl/N-ethyl adjacent to an activating group) is 1. The number of rotatable bonds is 6. The van der Waals surface area contributed by atoms with Crippen LogP contribution in [0.5, 0.6) is 0 Å². The van der Waals surface area contributed by atoms with Crippen LogP contribution in [0.4, 0.5) is 4.39 Å². The Morgan fingerprint density at radius 2 is 2.15 bits per heavy atom. The largest absolute Gasteiger partial charge is 0.480 e. The highest BCUT2D eigenvalue weighted by Crippen LogP contribution is 2.10. The number of carbonyl (C=O) groups is 1. The van der Waals surface area contributed by atoms with Crippen molar-refractivity contribution in [1.82, 2.24) is 4.90 Å². The predicted octanol–water partition coefficient (Wildman–Crippen LogP) is 1.90. The van der Waals surface area contributed by atoms with Crippen molar-refractivity contribution >= 4 is 28.6 Å². The van der Waals surface area contributed by atoms with Crippen molar-refractivity contribution in [3.05, 3.63) is 0 Å². The maximum atomic E-state index is 12.5. The minimum absolute atomic E-state index is 0.304. The van der Waals surface area contributed by atoms with Gasteiger partial charge < -0.3 is 5.11 Å². The molecule has 5 heteroatoms. The summed E-state index contributed by atoms with van der Waals surface area (Å²) in [7, 11) is 1.73. The molecule has 0 heterocycles. The molecule has 0 aliphatic rings. The second kappa shape index (κ2) is 6.53. The molecule has 0 spiro atoms. The van der Waals surface area contributed by atoms with Crippen LogP contribution in [0.25, 0.3) is 0 Å². The first-order valence-corrected chi connectivity index (χ1v) is 5.64.